The van der Waals surface area contributed by atoms with E-state index in [1.165, 1.54) is 32.6 Å². The van der Waals surface area contributed by atoms with Gasteiger partial charge in [0.2, 0.25) is 0 Å². The Morgan fingerprint density at radius 3 is 2.46 bits per heavy atom. The largest absolute Gasteiger partial charge is 0.432 e. The first-order valence-electron chi connectivity index (χ1n) is 5.02. The van der Waals surface area contributed by atoms with Crippen LogP contribution in [0.15, 0.2) is 11.8 Å². The predicted molar refractivity (Wildman–Crippen MR) is 54.3 cm³/mol. The van der Waals surface area contributed by atoms with E-state index < -0.39 is 0 Å². The van der Waals surface area contributed by atoms with Gasteiger partial charge in [-0.15, -0.1) is 0 Å². The molecule has 2 nitrogen and oxygen atoms in total. The lowest BCUT2D eigenvalue weighted by Gasteiger charge is -2.00. The van der Waals surface area contributed by atoms with Gasteiger partial charge in [0.25, 0.3) is 0 Å². The van der Waals surface area contributed by atoms with Crippen LogP contribution in [0.5, 0.6) is 0 Å². The van der Waals surface area contributed by atoms with Crippen LogP contribution in [0.3, 0.4) is 0 Å². The minimum absolute atomic E-state index is 0.234. The highest BCUT2D eigenvalue weighted by Gasteiger charge is 1.93. The van der Waals surface area contributed by atoms with Crippen molar-refractivity contribution in [2.75, 3.05) is 0 Å². The molecule has 0 aromatic rings. The summed E-state index contributed by atoms with van der Waals surface area (Å²) in [5, 5.41) is 0. The van der Waals surface area contributed by atoms with Gasteiger partial charge in [-0.05, 0) is 25.8 Å². The zero-order chi connectivity index (χ0) is 10.1. The molecule has 76 valence electrons. The standard InChI is InChI=1S/C11H20O2/c1-4-5-6-7-8-9-10(2)13-11(3)12/h9H,4-8H2,1-3H3/b10-9+. The van der Waals surface area contributed by atoms with Crippen LogP contribution in [-0.2, 0) is 9.53 Å². The van der Waals surface area contributed by atoms with Crippen molar-refractivity contribution in [1.82, 2.24) is 0 Å². The number of rotatable bonds is 6. The van der Waals surface area contributed by atoms with Crippen molar-refractivity contribution in [3.63, 3.8) is 0 Å². The molecule has 0 heterocycles. The molecule has 0 aromatic heterocycles. The third kappa shape index (κ3) is 9.12. The normalized spacial score (nSPS) is 11.5. The second kappa shape index (κ2) is 7.84. The quantitative estimate of drug-likeness (QED) is 0.359. The highest BCUT2D eigenvalue weighted by atomic mass is 16.5. The number of unbranched alkanes of at least 4 members (excludes halogenated alkanes) is 4. The molecule has 0 saturated carbocycles. The molecule has 0 N–H and O–H groups in total. The molecule has 0 amide bonds. The van der Waals surface area contributed by atoms with E-state index in [1.54, 1.807) is 0 Å². The van der Waals surface area contributed by atoms with Gasteiger partial charge in [0.05, 0.1) is 0 Å². The van der Waals surface area contributed by atoms with Crippen LogP contribution in [0.4, 0.5) is 0 Å². The van der Waals surface area contributed by atoms with Gasteiger partial charge in [-0.25, -0.2) is 0 Å². The molecule has 2 heteroatoms. The minimum atomic E-state index is -0.234. The van der Waals surface area contributed by atoms with E-state index in [0.717, 1.165) is 12.2 Å². The van der Waals surface area contributed by atoms with Crippen molar-refractivity contribution in [1.29, 1.82) is 0 Å². The first kappa shape index (κ1) is 12.2. The average molecular weight is 184 g/mol. The van der Waals surface area contributed by atoms with Crippen LogP contribution in [0, 0.1) is 0 Å². The Balaban J connectivity index is 3.42. The molecule has 0 aliphatic carbocycles. The SMILES string of the molecule is CCCCCC/C=C(\C)OC(C)=O. The van der Waals surface area contributed by atoms with Crippen LogP contribution < -0.4 is 0 Å². The number of hydrogen-bond donors (Lipinski definition) is 0. The molecule has 13 heavy (non-hydrogen) atoms. The van der Waals surface area contributed by atoms with E-state index in [9.17, 15) is 4.79 Å². The highest BCUT2D eigenvalue weighted by molar-refractivity contribution is 5.67. The Kier molecular flexibility index (Phi) is 7.36. The molecule has 0 rings (SSSR count). The number of allylic oxidation sites excluding steroid dienone is 2. The Morgan fingerprint density at radius 2 is 1.92 bits per heavy atom. The van der Waals surface area contributed by atoms with Gasteiger partial charge in [-0.2, -0.15) is 0 Å². The Morgan fingerprint density at radius 1 is 1.23 bits per heavy atom. The van der Waals surface area contributed by atoms with Gasteiger partial charge >= 0.3 is 5.97 Å². The number of ether oxygens (including phenoxy) is 1. The molecule has 0 saturated heterocycles. The highest BCUT2D eigenvalue weighted by Crippen LogP contribution is 2.05. The maximum Gasteiger partial charge on any atom is 0.307 e. The molecule has 0 unspecified atom stereocenters. The van der Waals surface area contributed by atoms with Gasteiger partial charge in [0.1, 0.15) is 5.76 Å². The third-order valence-electron chi connectivity index (χ3n) is 1.79. The minimum Gasteiger partial charge on any atom is -0.432 e. The Labute approximate surface area is 81.0 Å². The second-order valence-corrected chi connectivity index (χ2v) is 3.26. The Bertz CT molecular complexity index is 171. The van der Waals surface area contributed by atoms with Gasteiger partial charge in [-0.3, -0.25) is 4.79 Å². The summed E-state index contributed by atoms with van der Waals surface area (Å²) in [4.78, 5) is 10.5. The summed E-state index contributed by atoms with van der Waals surface area (Å²) >= 11 is 0. The molecule has 0 atom stereocenters. The fraction of sp³-hybridized carbons (Fsp3) is 0.727. The van der Waals surface area contributed by atoms with E-state index >= 15 is 0 Å². The van der Waals surface area contributed by atoms with Crippen molar-refractivity contribution in [2.45, 2.75) is 52.9 Å². The van der Waals surface area contributed by atoms with E-state index in [0.29, 0.717) is 0 Å². The molecule has 0 aliphatic heterocycles. The zero-order valence-corrected chi connectivity index (χ0v) is 8.93. The fourth-order valence-corrected chi connectivity index (χ4v) is 1.14. The molecule has 0 aliphatic rings. The van der Waals surface area contributed by atoms with Crippen LogP contribution in [0.25, 0.3) is 0 Å². The van der Waals surface area contributed by atoms with Gasteiger partial charge in [-0.1, -0.05) is 26.2 Å². The lowest BCUT2D eigenvalue weighted by Crippen LogP contribution is -1.95. The van der Waals surface area contributed by atoms with Gasteiger partial charge in [0.15, 0.2) is 0 Å². The monoisotopic (exact) mass is 184 g/mol. The summed E-state index contributed by atoms with van der Waals surface area (Å²) in [6, 6.07) is 0. The van der Waals surface area contributed by atoms with Crippen LogP contribution in [-0.4, -0.2) is 5.97 Å². The van der Waals surface area contributed by atoms with Crippen LogP contribution in [0.2, 0.25) is 0 Å². The lowest BCUT2D eigenvalue weighted by molar-refractivity contribution is -0.136. The van der Waals surface area contributed by atoms with E-state index in [1.807, 2.05) is 13.0 Å². The van der Waals surface area contributed by atoms with Crippen LogP contribution in [0.1, 0.15) is 52.9 Å². The van der Waals surface area contributed by atoms with E-state index in [2.05, 4.69) is 6.92 Å². The first-order chi connectivity index (χ1) is 6.16. The van der Waals surface area contributed by atoms with Gasteiger partial charge < -0.3 is 4.74 Å². The number of esters is 1. The summed E-state index contributed by atoms with van der Waals surface area (Å²) in [5.41, 5.74) is 0. The molecular weight excluding hydrogens is 164 g/mol. The van der Waals surface area contributed by atoms with Gasteiger partial charge in [0, 0.05) is 6.92 Å². The second-order valence-electron chi connectivity index (χ2n) is 3.26. The Hall–Kier alpha value is -0.790. The number of carbonyl (C=O) groups excluding carboxylic acids is 1. The molecule has 0 fully saturated rings. The summed E-state index contributed by atoms with van der Waals surface area (Å²) in [5.74, 6) is 0.492. The maximum absolute atomic E-state index is 10.5. The average Bonchev–Trinajstić information content (AvgIpc) is 2.02. The smallest absolute Gasteiger partial charge is 0.307 e. The summed E-state index contributed by atoms with van der Waals surface area (Å²) < 4.78 is 4.88. The van der Waals surface area contributed by atoms with E-state index in [4.69, 9.17) is 4.74 Å². The summed E-state index contributed by atoms with van der Waals surface area (Å²) in [7, 11) is 0. The lowest BCUT2D eigenvalue weighted by atomic mass is 10.1. The number of carbonyl (C=O) groups is 1. The predicted octanol–water partition coefficient (Wildman–Crippen LogP) is 3.42. The third-order valence-corrected chi connectivity index (χ3v) is 1.79. The summed E-state index contributed by atoms with van der Waals surface area (Å²) in [6.07, 6.45) is 8.00. The van der Waals surface area contributed by atoms with Crippen LogP contribution >= 0.6 is 0 Å². The molecule has 0 aromatic carbocycles. The van der Waals surface area contributed by atoms with Crippen molar-refractivity contribution in [3.05, 3.63) is 11.8 Å². The molecule has 0 spiro atoms. The van der Waals surface area contributed by atoms with Crippen molar-refractivity contribution >= 4 is 5.97 Å². The van der Waals surface area contributed by atoms with Crippen molar-refractivity contribution in [2.24, 2.45) is 0 Å². The zero-order valence-electron chi connectivity index (χ0n) is 8.93. The van der Waals surface area contributed by atoms with Crippen molar-refractivity contribution in [3.8, 4) is 0 Å². The fourth-order valence-electron chi connectivity index (χ4n) is 1.14. The molecular formula is C11H20O2. The van der Waals surface area contributed by atoms with Crippen molar-refractivity contribution < 1.29 is 9.53 Å². The number of hydrogen-bond acceptors (Lipinski definition) is 2. The first-order valence-corrected chi connectivity index (χ1v) is 5.02. The maximum atomic E-state index is 10.5. The summed E-state index contributed by atoms with van der Waals surface area (Å²) in [6.45, 7) is 5.44. The molecule has 0 radical (unpaired) electrons. The molecule has 0 bridgehead atoms. The van der Waals surface area contributed by atoms with E-state index in [-0.39, 0.29) is 5.97 Å². The topological polar surface area (TPSA) is 26.3 Å².